The largest absolute Gasteiger partial charge is 0.508 e. The summed E-state index contributed by atoms with van der Waals surface area (Å²) in [6, 6.07) is 9.92. The highest BCUT2D eigenvalue weighted by atomic mass is 35.5. The molecule has 0 aliphatic heterocycles. The highest BCUT2D eigenvalue weighted by molar-refractivity contribution is 6.31. The van der Waals surface area contributed by atoms with Crippen molar-refractivity contribution in [3.8, 4) is 11.5 Å². The van der Waals surface area contributed by atoms with E-state index in [4.69, 9.17) is 11.6 Å². The van der Waals surface area contributed by atoms with Crippen molar-refractivity contribution in [1.82, 2.24) is 0 Å². The van der Waals surface area contributed by atoms with Crippen molar-refractivity contribution in [1.29, 1.82) is 0 Å². The fourth-order valence-electron chi connectivity index (χ4n) is 1.70. The number of halogens is 1. The molecular weight excluding hydrogens is 276 g/mol. The molecule has 4 nitrogen and oxygen atoms in total. The molecule has 0 aliphatic rings. The highest BCUT2D eigenvalue weighted by Gasteiger charge is 2.05. The third-order valence-corrected chi connectivity index (χ3v) is 3.30. The molecule has 20 heavy (non-hydrogen) atoms. The van der Waals surface area contributed by atoms with E-state index in [2.05, 4.69) is 10.5 Å². The molecule has 0 saturated carbocycles. The molecule has 0 aliphatic carbocycles. The third-order valence-electron chi connectivity index (χ3n) is 2.90. The number of hydrazone groups is 1. The Morgan fingerprint density at radius 2 is 1.90 bits per heavy atom. The quantitative estimate of drug-likeness (QED) is 0.593. The molecule has 0 radical (unpaired) electrons. The van der Waals surface area contributed by atoms with Gasteiger partial charge in [0.15, 0.2) is 0 Å². The topological polar surface area (TPSA) is 64.9 Å². The zero-order chi connectivity index (χ0) is 14.7. The normalized spacial score (nSPS) is 11.4. The van der Waals surface area contributed by atoms with E-state index in [0.717, 1.165) is 11.3 Å². The van der Waals surface area contributed by atoms with Crippen molar-refractivity contribution in [3.63, 3.8) is 0 Å². The van der Waals surface area contributed by atoms with Crippen LogP contribution in [0.1, 0.15) is 18.1 Å². The lowest BCUT2D eigenvalue weighted by molar-refractivity contribution is 0.450. The first-order chi connectivity index (χ1) is 9.47. The maximum atomic E-state index is 9.75. The van der Waals surface area contributed by atoms with Gasteiger partial charge in [0.1, 0.15) is 11.5 Å². The van der Waals surface area contributed by atoms with Crippen LogP contribution in [0.3, 0.4) is 0 Å². The number of anilines is 1. The molecule has 5 heteroatoms. The Hall–Kier alpha value is -2.20. The van der Waals surface area contributed by atoms with Crippen molar-refractivity contribution in [3.05, 3.63) is 52.5 Å². The van der Waals surface area contributed by atoms with Gasteiger partial charge < -0.3 is 10.2 Å². The van der Waals surface area contributed by atoms with Crippen LogP contribution in [0.4, 0.5) is 5.69 Å². The molecule has 0 saturated heterocycles. The van der Waals surface area contributed by atoms with Gasteiger partial charge in [-0.3, -0.25) is 5.43 Å². The summed E-state index contributed by atoms with van der Waals surface area (Å²) in [5, 5.41) is 23.9. The molecule has 2 aromatic rings. The number of aromatic hydroxyl groups is 2. The average Bonchev–Trinajstić information content (AvgIpc) is 2.40. The Bertz CT molecular complexity index is 669. The van der Waals surface area contributed by atoms with E-state index in [-0.39, 0.29) is 11.5 Å². The number of rotatable bonds is 3. The molecular formula is C15H15ClN2O2. The van der Waals surface area contributed by atoms with Crippen molar-refractivity contribution in [2.45, 2.75) is 13.8 Å². The molecule has 0 unspecified atom stereocenters. The Kier molecular flexibility index (Phi) is 4.15. The Balaban J connectivity index is 2.20. The standard InChI is InChI=1S/C15H15ClN2O2/c1-9-3-4-11(7-14(9)16)18-17-10(2)13-6-5-12(19)8-15(13)20/h3-8,18-20H,1-2H3/b17-10+. The first kappa shape index (κ1) is 14.2. The molecule has 0 heterocycles. The zero-order valence-electron chi connectivity index (χ0n) is 11.2. The average molecular weight is 291 g/mol. The summed E-state index contributed by atoms with van der Waals surface area (Å²) in [6.07, 6.45) is 0. The number of hydrogen-bond acceptors (Lipinski definition) is 4. The molecule has 0 atom stereocenters. The van der Waals surface area contributed by atoms with Crippen LogP contribution in [-0.2, 0) is 0 Å². The summed E-state index contributed by atoms with van der Waals surface area (Å²) in [6.45, 7) is 3.68. The first-order valence-electron chi connectivity index (χ1n) is 6.06. The van der Waals surface area contributed by atoms with Gasteiger partial charge in [-0.1, -0.05) is 17.7 Å². The highest BCUT2D eigenvalue weighted by Crippen LogP contribution is 2.24. The van der Waals surface area contributed by atoms with Crippen molar-refractivity contribution >= 4 is 23.0 Å². The second-order valence-electron chi connectivity index (χ2n) is 4.47. The summed E-state index contributed by atoms with van der Waals surface area (Å²) in [5.41, 5.74) is 5.79. The smallest absolute Gasteiger partial charge is 0.128 e. The van der Waals surface area contributed by atoms with Crippen LogP contribution in [0.2, 0.25) is 5.02 Å². The van der Waals surface area contributed by atoms with E-state index < -0.39 is 0 Å². The van der Waals surface area contributed by atoms with Crippen LogP contribution in [0.15, 0.2) is 41.5 Å². The van der Waals surface area contributed by atoms with Gasteiger partial charge in [0.25, 0.3) is 0 Å². The minimum absolute atomic E-state index is 0.0114. The lowest BCUT2D eigenvalue weighted by atomic mass is 10.1. The summed E-state index contributed by atoms with van der Waals surface area (Å²) >= 11 is 6.03. The number of aryl methyl sites for hydroxylation is 1. The number of phenols is 2. The molecule has 104 valence electrons. The third kappa shape index (κ3) is 3.22. The van der Waals surface area contributed by atoms with Gasteiger partial charge in [-0.25, -0.2) is 0 Å². The summed E-state index contributed by atoms with van der Waals surface area (Å²) in [5.74, 6) is -0.00712. The van der Waals surface area contributed by atoms with E-state index >= 15 is 0 Å². The molecule has 2 aromatic carbocycles. The number of hydrogen-bond donors (Lipinski definition) is 3. The first-order valence-corrected chi connectivity index (χ1v) is 6.44. The second kappa shape index (κ2) is 5.84. The second-order valence-corrected chi connectivity index (χ2v) is 4.88. The number of nitrogens with zero attached hydrogens (tertiary/aromatic N) is 1. The Labute approximate surface area is 122 Å². The fourth-order valence-corrected chi connectivity index (χ4v) is 1.88. The summed E-state index contributed by atoms with van der Waals surface area (Å²) < 4.78 is 0. The fraction of sp³-hybridized carbons (Fsp3) is 0.133. The minimum Gasteiger partial charge on any atom is -0.508 e. The van der Waals surface area contributed by atoms with Crippen molar-refractivity contribution in [2.75, 3.05) is 5.43 Å². The van der Waals surface area contributed by atoms with Crippen LogP contribution >= 0.6 is 11.6 Å². The molecule has 0 fully saturated rings. The van der Waals surface area contributed by atoms with Gasteiger partial charge in [0.05, 0.1) is 11.4 Å². The van der Waals surface area contributed by atoms with Gasteiger partial charge in [-0.15, -0.1) is 0 Å². The number of nitrogens with one attached hydrogen (secondary N) is 1. The van der Waals surface area contributed by atoms with E-state index in [1.807, 2.05) is 19.1 Å². The molecule has 0 spiro atoms. The molecule has 2 rings (SSSR count). The summed E-state index contributed by atoms with van der Waals surface area (Å²) in [7, 11) is 0. The molecule has 0 bridgehead atoms. The van der Waals surface area contributed by atoms with E-state index in [9.17, 15) is 10.2 Å². The van der Waals surface area contributed by atoms with E-state index in [0.29, 0.717) is 16.3 Å². The van der Waals surface area contributed by atoms with E-state index in [1.54, 1.807) is 19.1 Å². The van der Waals surface area contributed by atoms with Crippen LogP contribution in [0.5, 0.6) is 11.5 Å². The monoisotopic (exact) mass is 290 g/mol. The number of benzene rings is 2. The molecule has 3 N–H and O–H groups in total. The lowest BCUT2D eigenvalue weighted by Crippen LogP contribution is -2.00. The zero-order valence-corrected chi connectivity index (χ0v) is 11.9. The predicted molar refractivity (Wildman–Crippen MR) is 81.8 cm³/mol. The lowest BCUT2D eigenvalue weighted by Gasteiger charge is -2.07. The number of phenolic OH excluding ortho intramolecular Hbond substituents is 2. The van der Waals surface area contributed by atoms with Gasteiger partial charge in [-0.2, -0.15) is 5.10 Å². The maximum Gasteiger partial charge on any atom is 0.128 e. The van der Waals surface area contributed by atoms with Crippen molar-refractivity contribution in [2.24, 2.45) is 5.10 Å². The van der Waals surface area contributed by atoms with Crippen LogP contribution in [-0.4, -0.2) is 15.9 Å². The Morgan fingerprint density at radius 1 is 1.15 bits per heavy atom. The molecule has 0 amide bonds. The van der Waals surface area contributed by atoms with Gasteiger partial charge >= 0.3 is 0 Å². The van der Waals surface area contributed by atoms with Crippen LogP contribution in [0.25, 0.3) is 0 Å². The van der Waals surface area contributed by atoms with Crippen LogP contribution in [0, 0.1) is 6.92 Å². The van der Waals surface area contributed by atoms with Gasteiger partial charge in [0, 0.05) is 16.7 Å². The minimum atomic E-state index is -0.0185. The predicted octanol–water partition coefficient (Wildman–Crippen LogP) is 3.90. The van der Waals surface area contributed by atoms with Crippen LogP contribution < -0.4 is 5.43 Å². The summed E-state index contributed by atoms with van der Waals surface area (Å²) in [4.78, 5) is 0. The van der Waals surface area contributed by atoms with Crippen molar-refractivity contribution < 1.29 is 10.2 Å². The SMILES string of the molecule is C/C(=N\Nc1ccc(C)c(Cl)c1)c1ccc(O)cc1O. The Morgan fingerprint density at radius 3 is 2.55 bits per heavy atom. The van der Waals surface area contributed by atoms with Gasteiger partial charge in [0.2, 0.25) is 0 Å². The van der Waals surface area contributed by atoms with Gasteiger partial charge in [-0.05, 0) is 43.7 Å². The maximum absolute atomic E-state index is 9.75. The molecule has 0 aromatic heterocycles. The van der Waals surface area contributed by atoms with E-state index in [1.165, 1.54) is 12.1 Å².